The first-order valence-electron chi connectivity index (χ1n) is 5.71. The highest BCUT2D eigenvalue weighted by Gasteiger charge is 2.04. The summed E-state index contributed by atoms with van der Waals surface area (Å²) in [7, 11) is 0. The van der Waals surface area contributed by atoms with E-state index in [0.717, 1.165) is 26.9 Å². The van der Waals surface area contributed by atoms with Crippen molar-refractivity contribution < 1.29 is 4.74 Å². The average molecular weight is 381 g/mol. The first kappa shape index (κ1) is 14.1. The average Bonchev–Trinajstić information content (AvgIpc) is 2.43. The van der Waals surface area contributed by atoms with Gasteiger partial charge in [-0.05, 0) is 51.3 Å². The monoisotopic (exact) mass is 379 g/mol. The summed E-state index contributed by atoms with van der Waals surface area (Å²) in [6, 6.07) is 15.6. The number of ether oxygens (including phenoxy) is 1. The lowest BCUT2D eigenvalue weighted by Gasteiger charge is -2.09. The molecule has 0 bridgehead atoms. The largest absolute Gasteiger partial charge is 0.456 e. The van der Waals surface area contributed by atoms with Crippen LogP contribution in [0.3, 0.4) is 0 Å². The molecule has 0 saturated heterocycles. The number of alkyl halides is 1. The van der Waals surface area contributed by atoms with Gasteiger partial charge in [0, 0.05) is 5.33 Å². The van der Waals surface area contributed by atoms with E-state index in [4.69, 9.17) is 10.00 Å². The van der Waals surface area contributed by atoms with Crippen LogP contribution in [0.5, 0.6) is 11.5 Å². The second kappa shape index (κ2) is 6.74. The first-order valence-corrected chi connectivity index (χ1v) is 7.62. The standard InChI is InChI=1S/C15H11Br2NO/c16-10-12-3-6-15(14(17)9-12)19-13-4-1-11(2-5-13)7-8-18/h1-6,9H,7,10H2. The van der Waals surface area contributed by atoms with E-state index in [1.165, 1.54) is 5.56 Å². The van der Waals surface area contributed by atoms with Crippen LogP contribution in [0.1, 0.15) is 11.1 Å². The lowest BCUT2D eigenvalue weighted by atomic mass is 10.2. The molecule has 2 rings (SSSR count). The molecule has 4 heteroatoms. The van der Waals surface area contributed by atoms with Crippen molar-refractivity contribution in [3.8, 4) is 17.6 Å². The first-order chi connectivity index (χ1) is 9.22. The van der Waals surface area contributed by atoms with Gasteiger partial charge < -0.3 is 4.74 Å². The number of rotatable bonds is 4. The van der Waals surface area contributed by atoms with Gasteiger partial charge in [0.25, 0.3) is 0 Å². The van der Waals surface area contributed by atoms with Crippen LogP contribution in [0.25, 0.3) is 0 Å². The molecule has 0 aliphatic heterocycles. The molecule has 0 fully saturated rings. The summed E-state index contributed by atoms with van der Waals surface area (Å²) in [5, 5.41) is 9.43. The topological polar surface area (TPSA) is 33.0 Å². The smallest absolute Gasteiger partial charge is 0.141 e. The number of benzene rings is 2. The molecule has 0 aliphatic rings. The molecule has 0 unspecified atom stereocenters. The number of nitriles is 1. The van der Waals surface area contributed by atoms with Crippen molar-refractivity contribution in [3.05, 3.63) is 58.1 Å². The van der Waals surface area contributed by atoms with Crippen LogP contribution in [-0.2, 0) is 11.8 Å². The normalized spacial score (nSPS) is 9.95. The van der Waals surface area contributed by atoms with Crippen LogP contribution in [0.2, 0.25) is 0 Å². The number of halogens is 2. The summed E-state index contributed by atoms with van der Waals surface area (Å²) in [4.78, 5) is 0. The van der Waals surface area contributed by atoms with Crippen molar-refractivity contribution in [3.63, 3.8) is 0 Å². The minimum Gasteiger partial charge on any atom is -0.456 e. The van der Waals surface area contributed by atoms with E-state index in [2.05, 4.69) is 37.9 Å². The van der Waals surface area contributed by atoms with E-state index < -0.39 is 0 Å². The molecule has 2 aromatic rings. The Morgan fingerprint density at radius 1 is 1.05 bits per heavy atom. The minimum atomic E-state index is 0.421. The summed E-state index contributed by atoms with van der Waals surface area (Å²) < 4.78 is 6.72. The SMILES string of the molecule is N#CCc1ccc(Oc2ccc(CBr)cc2Br)cc1. The molecule has 0 aliphatic carbocycles. The van der Waals surface area contributed by atoms with Gasteiger partial charge in [-0.25, -0.2) is 0 Å². The van der Waals surface area contributed by atoms with Gasteiger partial charge in [0.2, 0.25) is 0 Å². The summed E-state index contributed by atoms with van der Waals surface area (Å²) in [5.41, 5.74) is 2.17. The van der Waals surface area contributed by atoms with Crippen LogP contribution in [0.4, 0.5) is 0 Å². The summed E-state index contributed by atoms with van der Waals surface area (Å²) in [6.07, 6.45) is 0.421. The predicted octanol–water partition coefficient (Wildman–Crippen LogP) is 5.20. The molecule has 0 radical (unpaired) electrons. The molecule has 2 nitrogen and oxygen atoms in total. The molecule has 2 aromatic carbocycles. The third-order valence-electron chi connectivity index (χ3n) is 2.58. The van der Waals surface area contributed by atoms with Crippen molar-refractivity contribution in [2.24, 2.45) is 0 Å². The van der Waals surface area contributed by atoms with Gasteiger partial charge in [0.15, 0.2) is 0 Å². The van der Waals surface area contributed by atoms with Crippen molar-refractivity contribution in [1.82, 2.24) is 0 Å². The van der Waals surface area contributed by atoms with Crippen molar-refractivity contribution >= 4 is 31.9 Å². The van der Waals surface area contributed by atoms with Gasteiger partial charge in [0.1, 0.15) is 11.5 Å². The van der Waals surface area contributed by atoms with Gasteiger partial charge in [-0.1, -0.05) is 34.1 Å². The molecule has 0 heterocycles. The molecular weight excluding hydrogens is 370 g/mol. The van der Waals surface area contributed by atoms with Crippen LogP contribution < -0.4 is 4.74 Å². The maximum atomic E-state index is 8.62. The van der Waals surface area contributed by atoms with Gasteiger partial charge in [-0.15, -0.1) is 0 Å². The molecule has 0 saturated carbocycles. The summed E-state index contributed by atoms with van der Waals surface area (Å²) in [6.45, 7) is 0. The third kappa shape index (κ3) is 3.82. The Hall–Kier alpha value is -1.31. The number of hydrogen-bond donors (Lipinski definition) is 0. The van der Waals surface area contributed by atoms with Gasteiger partial charge in [-0.2, -0.15) is 5.26 Å². The van der Waals surface area contributed by atoms with E-state index in [-0.39, 0.29) is 0 Å². The maximum absolute atomic E-state index is 8.62. The highest BCUT2D eigenvalue weighted by molar-refractivity contribution is 9.10. The van der Waals surface area contributed by atoms with Crippen molar-refractivity contribution in [2.45, 2.75) is 11.8 Å². The Morgan fingerprint density at radius 3 is 2.32 bits per heavy atom. The van der Waals surface area contributed by atoms with Crippen molar-refractivity contribution in [2.75, 3.05) is 0 Å². The Morgan fingerprint density at radius 2 is 1.74 bits per heavy atom. The lowest BCUT2D eigenvalue weighted by molar-refractivity contribution is 0.479. The Kier molecular flexibility index (Phi) is 5.00. The highest BCUT2D eigenvalue weighted by Crippen LogP contribution is 2.31. The van der Waals surface area contributed by atoms with E-state index in [1.54, 1.807) is 0 Å². The second-order valence-electron chi connectivity index (χ2n) is 3.98. The number of nitrogens with zero attached hydrogens (tertiary/aromatic N) is 1. The molecule has 0 atom stereocenters. The Balaban J connectivity index is 2.15. The Labute approximate surface area is 129 Å². The predicted molar refractivity (Wildman–Crippen MR) is 82.6 cm³/mol. The van der Waals surface area contributed by atoms with Crippen molar-refractivity contribution in [1.29, 1.82) is 5.26 Å². The van der Waals surface area contributed by atoms with Crippen LogP contribution in [0, 0.1) is 11.3 Å². The lowest BCUT2D eigenvalue weighted by Crippen LogP contribution is -1.88. The van der Waals surface area contributed by atoms with Crippen LogP contribution in [0.15, 0.2) is 46.9 Å². The van der Waals surface area contributed by atoms with E-state index >= 15 is 0 Å². The zero-order chi connectivity index (χ0) is 13.7. The van der Waals surface area contributed by atoms with E-state index in [1.807, 2.05) is 42.5 Å². The van der Waals surface area contributed by atoms with Crippen LogP contribution in [-0.4, -0.2) is 0 Å². The summed E-state index contributed by atoms with van der Waals surface area (Å²) >= 11 is 6.91. The minimum absolute atomic E-state index is 0.421. The van der Waals surface area contributed by atoms with Gasteiger partial charge in [0.05, 0.1) is 17.0 Å². The Bertz CT molecular complexity index is 603. The van der Waals surface area contributed by atoms with E-state index in [0.29, 0.717) is 6.42 Å². The highest BCUT2D eigenvalue weighted by atomic mass is 79.9. The zero-order valence-electron chi connectivity index (χ0n) is 10.1. The molecule has 0 amide bonds. The summed E-state index contributed by atoms with van der Waals surface area (Å²) in [5.74, 6) is 1.53. The molecular formula is C15H11Br2NO. The van der Waals surface area contributed by atoms with E-state index in [9.17, 15) is 0 Å². The molecule has 0 aromatic heterocycles. The zero-order valence-corrected chi connectivity index (χ0v) is 13.2. The van der Waals surface area contributed by atoms with Gasteiger partial charge in [-0.3, -0.25) is 0 Å². The molecule has 0 N–H and O–H groups in total. The fraction of sp³-hybridized carbons (Fsp3) is 0.133. The third-order valence-corrected chi connectivity index (χ3v) is 3.85. The fourth-order valence-electron chi connectivity index (χ4n) is 1.60. The molecule has 0 spiro atoms. The number of hydrogen-bond acceptors (Lipinski definition) is 2. The van der Waals surface area contributed by atoms with Crippen LogP contribution >= 0.6 is 31.9 Å². The quantitative estimate of drug-likeness (QED) is 0.682. The molecule has 96 valence electrons. The maximum Gasteiger partial charge on any atom is 0.141 e. The second-order valence-corrected chi connectivity index (χ2v) is 5.39. The molecule has 19 heavy (non-hydrogen) atoms. The van der Waals surface area contributed by atoms with Gasteiger partial charge >= 0.3 is 0 Å². The fourth-order valence-corrected chi connectivity index (χ4v) is 2.46.